The summed E-state index contributed by atoms with van der Waals surface area (Å²) in [6.45, 7) is 11.7. The molecule has 10 amide bonds. The molecule has 26 heteroatoms. The number of amides is 10. The molecule has 26 nitrogen and oxygen atoms in total. The van der Waals surface area contributed by atoms with E-state index in [4.69, 9.17) is 40.1 Å². The monoisotopic (exact) mass is 1250 g/mol. The van der Waals surface area contributed by atoms with Crippen LogP contribution in [-0.2, 0) is 60.8 Å². The molecule has 0 radical (unpaired) electrons. The Hall–Kier alpha value is -7.10. The van der Waals surface area contributed by atoms with Crippen LogP contribution in [0.1, 0.15) is 149 Å². The average Bonchev–Trinajstić information content (AvgIpc) is 3.70. The first kappa shape index (κ1) is 78.0. The van der Waals surface area contributed by atoms with Crippen LogP contribution in [-0.4, -0.2) is 152 Å². The maximum Gasteiger partial charge on any atom is 0.243 e. The van der Waals surface area contributed by atoms with Crippen LogP contribution < -0.4 is 88.0 Å². The highest BCUT2D eigenvalue weighted by Gasteiger charge is 2.37. The second kappa shape index (κ2) is 43.5. The Balaban J connectivity index is 2.44. The lowest BCUT2D eigenvalue weighted by Crippen LogP contribution is -2.61. The summed E-state index contributed by atoms with van der Waals surface area (Å²) >= 11 is 0. The number of benzene rings is 2. The van der Waals surface area contributed by atoms with E-state index >= 15 is 0 Å². The van der Waals surface area contributed by atoms with Crippen molar-refractivity contribution in [2.75, 3.05) is 32.7 Å². The average molecular weight is 1250 g/mol. The molecule has 2 aromatic carbocycles. The highest BCUT2D eigenvalue weighted by atomic mass is 16.2. The largest absolute Gasteiger partial charge is 0.368 e. The fourth-order valence-electron chi connectivity index (χ4n) is 9.82. The highest BCUT2D eigenvalue weighted by molar-refractivity contribution is 5.98. The zero-order chi connectivity index (χ0) is 66.4. The van der Waals surface area contributed by atoms with Gasteiger partial charge in [-0.25, -0.2) is 0 Å². The first-order valence-corrected chi connectivity index (χ1v) is 31.8. The maximum atomic E-state index is 14.6. The predicted octanol–water partition coefficient (Wildman–Crippen LogP) is -0.739. The summed E-state index contributed by atoms with van der Waals surface area (Å²) in [5.74, 6) is -8.33. The molecule has 23 N–H and O–H groups in total. The Morgan fingerprint density at radius 2 is 0.551 bits per heavy atom. The zero-order valence-corrected chi connectivity index (χ0v) is 53.5. The lowest BCUT2D eigenvalue weighted by atomic mass is 9.98. The first-order chi connectivity index (χ1) is 42.4. The Bertz CT molecular complexity index is 2470. The van der Waals surface area contributed by atoms with Crippen molar-refractivity contribution in [3.63, 3.8) is 0 Å². The molecule has 0 spiro atoms. The van der Waals surface area contributed by atoms with Crippen LogP contribution >= 0.6 is 0 Å². The minimum atomic E-state index is -1.26. The van der Waals surface area contributed by atoms with Crippen LogP contribution in [0.3, 0.4) is 0 Å². The summed E-state index contributed by atoms with van der Waals surface area (Å²) in [5.41, 5.74) is 42.8. The third kappa shape index (κ3) is 29.8. The van der Waals surface area contributed by atoms with Gasteiger partial charge in [0.15, 0.2) is 0 Å². The molecule has 0 heterocycles. The van der Waals surface area contributed by atoms with Crippen molar-refractivity contribution in [1.29, 1.82) is 0 Å². The van der Waals surface area contributed by atoms with E-state index in [1.54, 1.807) is 65.8 Å². The van der Waals surface area contributed by atoms with E-state index in [-0.39, 0.29) is 64.6 Å². The van der Waals surface area contributed by atoms with Gasteiger partial charge in [0.1, 0.15) is 54.4 Å². The van der Waals surface area contributed by atoms with Crippen molar-refractivity contribution in [3.8, 4) is 0 Å². The molecule has 10 atom stereocenters. The number of carbonyl (C=O) groups excluding carboxylic acids is 10. The van der Waals surface area contributed by atoms with Gasteiger partial charge in [-0.1, -0.05) is 102 Å². The molecule has 0 aliphatic carbocycles. The molecule has 0 saturated carbocycles. The lowest BCUT2D eigenvalue weighted by molar-refractivity contribution is -0.136. The van der Waals surface area contributed by atoms with Gasteiger partial charge in [-0.3, -0.25) is 47.9 Å². The van der Waals surface area contributed by atoms with Crippen molar-refractivity contribution >= 4 is 59.1 Å². The summed E-state index contributed by atoms with van der Waals surface area (Å²) in [7, 11) is 0. The number of hydrogen-bond donors (Lipinski definition) is 16. The van der Waals surface area contributed by atoms with E-state index < -0.39 is 137 Å². The van der Waals surface area contributed by atoms with E-state index in [2.05, 4.69) is 47.9 Å². The predicted molar refractivity (Wildman–Crippen MR) is 344 cm³/mol. The molecule has 0 aliphatic heterocycles. The minimum absolute atomic E-state index is 0.0715. The molecule has 0 aromatic heterocycles. The molecule has 0 aliphatic rings. The van der Waals surface area contributed by atoms with Gasteiger partial charge in [-0.2, -0.15) is 0 Å². The van der Waals surface area contributed by atoms with Crippen LogP contribution in [0.25, 0.3) is 0 Å². The van der Waals surface area contributed by atoms with Crippen molar-refractivity contribution in [2.45, 2.75) is 211 Å². The van der Waals surface area contributed by atoms with Gasteiger partial charge in [-0.05, 0) is 164 Å². The Morgan fingerprint density at radius 3 is 0.831 bits per heavy atom. The number of unbranched alkanes of at least 4 members (excludes halogenated alkanes) is 5. The first-order valence-electron chi connectivity index (χ1n) is 31.8. The van der Waals surface area contributed by atoms with Crippen LogP contribution in [0.5, 0.6) is 0 Å². The third-order valence-electron chi connectivity index (χ3n) is 15.2. The van der Waals surface area contributed by atoms with Crippen LogP contribution in [0.4, 0.5) is 0 Å². The highest BCUT2D eigenvalue weighted by Crippen LogP contribution is 2.15. The van der Waals surface area contributed by atoms with Gasteiger partial charge < -0.3 is 88.0 Å². The van der Waals surface area contributed by atoms with Crippen molar-refractivity contribution in [3.05, 3.63) is 71.8 Å². The quantitative estimate of drug-likeness (QED) is 0.0363. The molecule has 0 fully saturated rings. The number of primary amides is 1. The van der Waals surface area contributed by atoms with Gasteiger partial charge in [0.2, 0.25) is 59.1 Å². The molecule has 0 saturated heterocycles. The Kier molecular flexibility index (Phi) is 38.2. The summed E-state index contributed by atoms with van der Waals surface area (Å²) in [6, 6.07) is 6.50. The molecule has 0 unspecified atom stereocenters. The van der Waals surface area contributed by atoms with Crippen molar-refractivity contribution in [2.24, 2.45) is 57.9 Å². The number of hydrogen-bond acceptors (Lipinski definition) is 16. The third-order valence-corrected chi connectivity index (χ3v) is 15.2. The summed E-state index contributed by atoms with van der Waals surface area (Å²) in [6.07, 6.45) is 5.13. The fourth-order valence-corrected chi connectivity index (χ4v) is 9.82. The van der Waals surface area contributed by atoms with Crippen LogP contribution in [0, 0.1) is 17.8 Å². The minimum Gasteiger partial charge on any atom is -0.368 e. The molecular formula is C63H108N16O10. The van der Waals surface area contributed by atoms with Crippen LogP contribution in [0.15, 0.2) is 60.7 Å². The zero-order valence-electron chi connectivity index (χ0n) is 53.5. The smallest absolute Gasteiger partial charge is 0.243 e. The standard InChI is InChI=1S/C63H108N16O10/c1-39(2)51(62(88)76-50(54(70)80)38-43-25-11-8-12-26-43)78-60(86)49(31-17-22-36-68)74-58(84)47(29-15-20-34-66)72-56(82)45(27-13-18-32-64)71-57(83)46(28-14-19-33-65)73-59(85)48(30-16-21-35-67)75-61(87)52(40(3)4)79-63(89)53(41(5)6)77-55(81)44(69)37-42-23-9-7-10-24-42/h7-12,23-26,39-41,44-53H,13-22,27-38,64-69H2,1-6H3,(H2,70,80)(H,71,83)(H,72,82)(H,73,85)(H,74,84)(H,75,87)(H,76,88)(H,77,81)(H,78,86)(H,79,89)/t44-,45-,46-,47-,48-,49-,50-,51-,52-,53-/m0/s1. The molecule has 2 aromatic rings. The Morgan fingerprint density at radius 1 is 0.315 bits per heavy atom. The second-order valence-electron chi connectivity index (χ2n) is 23.9. The Labute approximate surface area is 526 Å². The van der Waals surface area contributed by atoms with E-state index in [0.717, 1.165) is 11.1 Å². The number of rotatable bonds is 46. The van der Waals surface area contributed by atoms with Crippen molar-refractivity contribution < 1.29 is 47.9 Å². The van der Waals surface area contributed by atoms with Crippen molar-refractivity contribution in [1.82, 2.24) is 47.9 Å². The SMILES string of the molecule is CC(C)[C@H](NC(=O)[C@H](CCCCN)NC(=O)[C@H](CCCCN)NC(=O)[C@H](CCCCN)NC(=O)[C@H](CCCCN)NC(=O)[C@H](CCCCN)NC(=O)[C@@H](NC(=O)[C@@H](NC(=O)[C@@H](N)Cc1ccccc1)C(C)C)C(C)C)C(=O)N[C@@H](Cc1ccccc1)C(N)=O. The van der Waals surface area contributed by atoms with Gasteiger partial charge in [-0.15, -0.1) is 0 Å². The molecule has 2 rings (SSSR count). The number of carbonyl (C=O) groups is 10. The maximum absolute atomic E-state index is 14.6. The van der Waals surface area contributed by atoms with Gasteiger partial charge in [0, 0.05) is 6.42 Å². The van der Waals surface area contributed by atoms with E-state index in [1.807, 2.05) is 36.4 Å². The second-order valence-corrected chi connectivity index (χ2v) is 23.9. The molecule has 89 heavy (non-hydrogen) atoms. The van der Waals surface area contributed by atoms with Gasteiger partial charge in [0.05, 0.1) is 6.04 Å². The fraction of sp³-hybridized carbons (Fsp3) is 0.651. The van der Waals surface area contributed by atoms with E-state index in [9.17, 15) is 47.9 Å². The summed E-state index contributed by atoms with van der Waals surface area (Å²) < 4.78 is 0. The number of nitrogens with two attached hydrogens (primary N) is 7. The molecule has 500 valence electrons. The van der Waals surface area contributed by atoms with E-state index in [1.165, 1.54) is 0 Å². The van der Waals surface area contributed by atoms with E-state index in [0.29, 0.717) is 77.3 Å². The molecular weight excluding hydrogens is 1140 g/mol. The van der Waals surface area contributed by atoms with Gasteiger partial charge >= 0.3 is 0 Å². The summed E-state index contributed by atoms with van der Waals surface area (Å²) in [5, 5.41) is 25.0. The molecule has 0 bridgehead atoms. The number of nitrogens with one attached hydrogen (secondary N) is 9. The van der Waals surface area contributed by atoms with Crippen LogP contribution in [0.2, 0.25) is 0 Å². The lowest BCUT2D eigenvalue weighted by Gasteiger charge is -2.30. The summed E-state index contributed by atoms with van der Waals surface area (Å²) in [4.78, 5) is 140. The normalized spacial score (nSPS) is 14.7. The topological polar surface area (TPSA) is 461 Å². The van der Waals surface area contributed by atoms with Gasteiger partial charge in [0.25, 0.3) is 0 Å².